The Morgan fingerprint density at radius 1 is 1.15 bits per heavy atom. The first-order valence-corrected chi connectivity index (χ1v) is 12.0. The molecule has 1 aromatic carbocycles. The smallest absolute Gasteiger partial charge is 0.265 e. The summed E-state index contributed by atoms with van der Waals surface area (Å²) in [7, 11) is -4.24. The molecule has 2 aromatic rings. The van der Waals surface area contributed by atoms with E-state index in [9.17, 15) is 23.1 Å². The van der Waals surface area contributed by atoms with Gasteiger partial charge in [0.2, 0.25) is 5.91 Å². The van der Waals surface area contributed by atoms with Gasteiger partial charge >= 0.3 is 0 Å². The van der Waals surface area contributed by atoms with Crippen LogP contribution in [0.4, 0.5) is 5.82 Å². The zero-order chi connectivity index (χ0) is 24.6. The molecule has 0 saturated heterocycles. The highest BCUT2D eigenvalue weighted by atomic mass is 32.2. The lowest BCUT2D eigenvalue weighted by molar-refractivity contribution is -0.133. The third kappa shape index (κ3) is 7.43. The van der Waals surface area contributed by atoms with Crippen molar-refractivity contribution in [3.8, 4) is 5.75 Å². The molecule has 0 fully saturated rings. The molecule has 1 heterocycles. The van der Waals surface area contributed by atoms with Crippen LogP contribution >= 0.6 is 0 Å². The van der Waals surface area contributed by atoms with E-state index in [-0.39, 0.29) is 28.8 Å². The van der Waals surface area contributed by atoms with E-state index in [1.54, 1.807) is 26.0 Å². The molecule has 0 bridgehead atoms. The predicted octanol–water partition coefficient (Wildman–Crippen LogP) is 1.82. The molecule has 0 radical (unpaired) electrons. The number of rotatable bonds is 11. The molecule has 11 heteroatoms. The van der Waals surface area contributed by atoms with E-state index in [4.69, 9.17) is 5.84 Å². The minimum Gasteiger partial charge on any atom is -0.508 e. The van der Waals surface area contributed by atoms with Gasteiger partial charge in [-0.15, -0.1) is 0 Å². The van der Waals surface area contributed by atoms with Gasteiger partial charge in [0.25, 0.3) is 15.9 Å². The monoisotopic (exact) mass is 477 g/mol. The molecule has 2 amide bonds. The number of nitrogens with one attached hydrogen (secondary N) is 3. The van der Waals surface area contributed by atoms with Gasteiger partial charge in [0.1, 0.15) is 22.5 Å². The Morgan fingerprint density at radius 3 is 2.36 bits per heavy atom. The molecule has 0 saturated carbocycles. The first-order chi connectivity index (χ1) is 15.5. The van der Waals surface area contributed by atoms with Crippen molar-refractivity contribution in [3.63, 3.8) is 0 Å². The van der Waals surface area contributed by atoms with Crippen molar-refractivity contribution in [2.75, 3.05) is 5.43 Å². The van der Waals surface area contributed by atoms with Gasteiger partial charge < -0.3 is 15.8 Å². The highest BCUT2D eigenvalue weighted by Crippen LogP contribution is 2.24. The molecule has 0 aliphatic carbocycles. The van der Waals surface area contributed by atoms with Crippen LogP contribution < -0.4 is 21.3 Å². The number of benzene rings is 1. The lowest BCUT2D eigenvalue weighted by Gasteiger charge is -2.27. The van der Waals surface area contributed by atoms with Gasteiger partial charge in [-0.3, -0.25) is 9.59 Å². The summed E-state index contributed by atoms with van der Waals surface area (Å²) >= 11 is 0. The van der Waals surface area contributed by atoms with E-state index in [2.05, 4.69) is 15.7 Å². The van der Waals surface area contributed by atoms with Crippen molar-refractivity contribution in [2.24, 2.45) is 11.3 Å². The van der Waals surface area contributed by atoms with Crippen LogP contribution in [-0.4, -0.2) is 36.4 Å². The summed E-state index contributed by atoms with van der Waals surface area (Å²) in [5.74, 6) is 4.30. The minimum atomic E-state index is -4.24. The summed E-state index contributed by atoms with van der Waals surface area (Å²) in [4.78, 5) is 29.5. The first kappa shape index (κ1) is 26.1. The average Bonchev–Trinajstić information content (AvgIpc) is 2.78. The number of sulfonamides is 1. The second kappa shape index (κ2) is 11.1. The van der Waals surface area contributed by atoms with Crippen LogP contribution in [-0.2, 0) is 26.0 Å². The number of unbranched alkanes of at least 4 members (excludes halogenated alkanes) is 1. The Labute approximate surface area is 194 Å². The molecule has 33 heavy (non-hydrogen) atoms. The van der Waals surface area contributed by atoms with Crippen LogP contribution in [0.15, 0.2) is 47.5 Å². The molecule has 1 atom stereocenters. The lowest BCUT2D eigenvalue weighted by Crippen LogP contribution is -2.52. The second-order valence-electron chi connectivity index (χ2n) is 8.38. The standard InChI is InChI=1S/C22H31N5O5S/c1-4-5-12-22(2,3)21(30)25-18(13-15-6-8-16(28)9-7-15)20(29)27-33(31,32)17-10-11-19(26-23)24-14-17/h6-11,14,18,28H,4-5,12-13,23H2,1-3H3,(H,24,26)(H,25,30)(H,27,29). The van der Waals surface area contributed by atoms with E-state index < -0.39 is 27.4 Å². The molecule has 1 aromatic heterocycles. The minimum absolute atomic E-state index is 0.0332. The van der Waals surface area contributed by atoms with Gasteiger partial charge in [-0.05, 0) is 36.2 Å². The molecule has 0 aliphatic heterocycles. The number of hydrazine groups is 1. The number of aromatic nitrogens is 1. The zero-order valence-electron chi connectivity index (χ0n) is 19.0. The number of nitrogens with two attached hydrogens (primary N) is 1. The maximum Gasteiger partial charge on any atom is 0.265 e. The molecule has 2 rings (SSSR count). The number of phenolic OH excluding ortho intramolecular Hbond substituents is 1. The fourth-order valence-corrected chi connectivity index (χ4v) is 4.01. The Bertz CT molecular complexity index is 1050. The lowest BCUT2D eigenvalue weighted by atomic mass is 9.86. The van der Waals surface area contributed by atoms with Crippen LogP contribution in [0, 0.1) is 5.41 Å². The number of anilines is 1. The number of hydrogen-bond acceptors (Lipinski definition) is 8. The van der Waals surface area contributed by atoms with Gasteiger partial charge in [-0.2, -0.15) is 0 Å². The fourth-order valence-electron chi connectivity index (χ4n) is 3.05. The molecule has 180 valence electrons. The molecular weight excluding hydrogens is 446 g/mol. The maximum atomic E-state index is 13.0. The number of nitrogen functional groups attached to an aromatic ring is 1. The third-order valence-electron chi connectivity index (χ3n) is 5.20. The van der Waals surface area contributed by atoms with E-state index in [1.807, 2.05) is 11.6 Å². The third-order valence-corrected chi connectivity index (χ3v) is 6.53. The van der Waals surface area contributed by atoms with Gasteiger partial charge in [0.05, 0.1) is 0 Å². The molecule has 10 nitrogen and oxygen atoms in total. The summed E-state index contributed by atoms with van der Waals surface area (Å²) in [5.41, 5.74) is 2.18. The molecule has 1 unspecified atom stereocenters. The number of aromatic hydroxyl groups is 1. The van der Waals surface area contributed by atoms with Crippen molar-refractivity contribution in [3.05, 3.63) is 48.2 Å². The average molecular weight is 478 g/mol. The van der Waals surface area contributed by atoms with Gasteiger partial charge in [0, 0.05) is 18.0 Å². The summed E-state index contributed by atoms with van der Waals surface area (Å²) in [6, 6.07) is 7.54. The van der Waals surface area contributed by atoms with E-state index in [1.165, 1.54) is 24.3 Å². The van der Waals surface area contributed by atoms with Crippen LogP contribution in [0.25, 0.3) is 0 Å². The van der Waals surface area contributed by atoms with Crippen molar-refractivity contribution in [1.29, 1.82) is 0 Å². The molecule has 0 spiro atoms. The normalized spacial score (nSPS) is 12.6. The highest BCUT2D eigenvalue weighted by molar-refractivity contribution is 7.90. The number of hydrogen-bond donors (Lipinski definition) is 5. The van der Waals surface area contributed by atoms with Crippen molar-refractivity contribution in [2.45, 2.75) is 57.4 Å². The number of nitrogens with zero attached hydrogens (tertiary/aromatic N) is 1. The summed E-state index contributed by atoms with van der Waals surface area (Å²) in [6.07, 6.45) is 3.47. The topological polar surface area (TPSA) is 164 Å². The predicted molar refractivity (Wildman–Crippen MR) is 124 cm³/mol. The molecular formula is C22H31N5O5S. The van der Waals surface area contributed by atoms with Gasteiger partial charge in [-0.1, -0.05) is 45.7 Å². The Balaban J connectivity index is 2.25. The quantitative estimate of drug-likeness (QED) is 0.242. The Kier molecular flexibility index (Phi) is 8.77. The number of amides is 2. The van der Waals surface area contributed by atoms with Crippen molar-refractivity contribution < 1.29 is 23.1 Å². The van der Waals surface area contributed by atoms with Gasteiger partial charge in [-0.25, -0.2) is 24.0 Å². The fraction of sp³-hybridized carbons (Fsp3) is 0.409. The summed E-state index contributed by atoms with van der Waals surface area (Å²) in [5, 5.41) is 12.2. The second-order valence-corrected chi connectivity index (χ2v) is 10.1. The number of carbonyl (C=O) groups is 2. The van der Waals surface area contributed by atoms with Crippen LogP contribution in [0.2, 0.25) is 0 Å². The number of carbonyl (C=O) groups excluding carboxylic acids is 2. The van der Waals surface area contributed by atoms with Gasteiger partial charge in [0.15, 0.2) is 0 Å². The SMILES string of the molecule is CCCCC(C)(C)C(=O)NC(Cc1ccc(O)cc1)C(=O)NS(=O)(=O)c1ccc(NN)nc1. The Hall–Kier alpha value is -3.18. The van der Waals surface area contributed by atoms with Crippen LogP contribution in [0.3, 0.4) is 0 Å². The molecule has 0 aliphatic rings. The Morgan fingerprint density at radius 2 is 1.82 bits per heavy atom. The van der Waals surface area contributed by atoms with Crippen LogP contribution in [0.1, 0.15) is 45.6 Å². The molecule has 6 N–H and O–H groups in total. The van der Waals surface area contributed by atoms with E-state index >= 15 is 0 Å². The number of phenols is 1. The summed E-state index contributed by atoms with van der Waals surface area (Å²) < 4.78 is 27.4. The first-order valence-electron chi connectivity index (χ1n) is 10.6. The number of pyridine rings is 1. The van der Waals surface area contributed by atoms with Crippen molar-refractivity contribution in [1.82, 2.24) is 15.0 Å². The largest absolute Gasteiger partial charge is 0.508 e. The highest BCUT2D eigenvalue weighted by Gasteiger charge is 2.32. The summed E-state index contributed by atoms with van der Waals surface area (Å²) in [6.45, 7) is 5.58. The zero-order valence-corrected chi connectivity index (χ0v) is 19.8. The maximum absolute atomic E-state index is 13.0. The van der Waals surface area contributed by atoms with Crippen LogP contribution in [0.5, 0.6) is 5.75 Å². The van der Waals surface area contributed by atoms with E-state index in [0.29, 0.717) is 12.0 Å². The van der Waals surface area contributed by atoms with E-state index in [0.717, 1.165) is 19.0 Å². The van der Waals surface area contributed by atoms with Crippen molar-refractivity contribution >= 4 is 27.7 Å².